The largest absolute Gasteiger partial charge is 0.465 e. The third-order valence-electron chi connectivity index (χ3n) is 6.67. The molecule has 0 spiro atoms. The molecule has 0 aliphatic carbocycles. The first-order chi connectivity index (χ1) is 19.2. The fourth-order valence-electron chi connectivity index (χ4n) is 4.42. The number of carboxylic acid groups (broad SMARTS) is 1. The molecule has 0 fully saturated rings. The van der Waals surface area contributed by atoms with E-state index in [1.807, 2.05) is 27.7 Å². The topological polar surface area (TPSA) is 131 Å². The maximum absolute atomic E-state index is 13.4. The lowest BCUT2D eigenvalue weighted by atomic mass is 9.84. The van der Waals surface area contributed by atoms with Crippen LogP contribution >= 0.6 is 0 Å². The molecule has 1 aromatic carbocycles. The highest BCUT2D eigenvalue weighted by Gasteiger charge is 2.42. The average molecular weight is 578 g/mol. The molecular formula is C28H34F3N5O5. The Morgan fingerprint density at radius 2 is 1.78 bits per heavy atom. The van der Waals surface area contributed by atoms with E-state index in [4.69, 9.17) is 4.52 Å². The molecule has 2 atom stereocenters. The number of aromatic nitrogens is 3. The molecule has 3 rings (SSSR count). The fraction of sp³-hybridized carbons (Fsp3) is 0.464. The van der Waals surface area contributed by atoms with Crippen molar-refractivity contribution in [3.8, 4) is 11.3 Å². The second kappa shape index (κ2) is 13.0. The van der Waals surface area contributed by atoms with Crippen molar-refractivity contribution in [2.24, 2.45) is 5.41 Å². The molecule has 2 N–H and O–H groups in total. The van der Waals surface area contributed by atoms with Gasteiger partial charge in [-0.3, -0.25) is 19.2 Å². The number of hydrogen-bond acceptors (Lipinski definition) is 6. The van der Waals surface area contributed by atoms with Crippen LogP contribution in [0.25, 0.3) is 11.3 Å². The van der Waals surface area contributed by atoms with Crippen LogP contribution in [0.15, 0.2) is 53.3 Å². The standard InChI is InChI=1S/C28H34F3N5O5/c1-5-6-7-22(24(37)25(38)32-16-20-12-14-33-41-20)36(26(39)40)23(27(2,3)4)17-35-15-13-21(34-35)18-8-10-19(11-9-18)28(29,30)31/h8-15,22-23H,5-7,16-17H2,1-4H3,(H,32,38)(H,39,40)/t22-,23?/m0/s1. The molecule has 0 bridgehead atoms. The van der Waals surface area contributed by atoms with Crippen molar-refractivity contribution >= 4 is 17.8 Å². The van der Waals surface area contributed by atoms with Crippen LogP contribution in [-0.2, 0) is 28.9 Å². The first-order valence-electron chi connectivity index (χ1n) is 13.2. The average Bonchev–Trinajstić information content (AvgIpc) is 3.59. The van der Waals surface area contributed by atoms with E-state index in [0.29, 0.717) is 29.9 Å². The maximum Gasteiger partial charge on any atom is 0.416 e. The lowest BCUT2D eigenvalue weighted by Gasteiger charge is -2.42. The molecule has 1 unspecified atom stereocenters. The van der Waals surface area contributed by atoms with Gasteiger partial charge in [0, 0.05) is 17.8 Å². The van der Waals surface area contributed by atoms with Crippen LogP contribution in [0, 0.1) is 5.41 Å². The van der Waals surface area contributed by atoms with Crippen molar-refractivity contribution in [3.63, 3.8) is 0 Å². The summed E-state index contributed by atoms with van der Waals surface area (Å²) < 4.78 is 45.3. The molecular weight excluding hydrogens is 543 g/mol. The van der Waals surface area contributed by atoms with Crippen molar-refractivity contribution in [2.45, 2.75) is 78.3 Å². The van der Waals surface area contributed by atoms with E-state index in [1.54, 1.807) is 12.3 Å². The predicted molar refractivity (Wildman–Crippen MR) is 142 cm³/mol. The summed E-state index contributed by atoms with van der Waals surface area (Å²) in [6, 6.07) is 5.66. The number of carbonyl (C=O) groups excluding carboxylic acids is 2. The molecule has 3 aromatic rings. The van der Waals surface area contributed by atoms with Crippen LogP contribution in [0.1, 0.15) is 58.3 Å². The fourth-order valence-corrected chi connectivity index (χ4v) is 4.42. The summed E-state index contributed by atoms with van der Waals surface area (Å²) in [6.07, 6.45) is -1.52. The molecule has 222 valence electrons. The Hall–Kier alpha value is -4.16. The minimum Gasteiger partial charge on any atom is -0.465 e. The van der Waals surface area contributed by atoms with E-state index in [-0.39, 0.29) is 19.5 Å². The third-order valence-corrected chi connectivity index (χ3v) is 6.67. The van der Waals surface area contributed by atoms with E-state index in [9.17, 15) is 32.7 Å². The summed E-state index contributed by atoms with van der Waals surface area (Å²) in [5, 5.41) is 20.8. The Morgan fingerprint density at radius 3 is 2.32 bits per heavy atom. The summed E-state index contributed by atoms with van der Waals surface area (Å²) >= 11 is 0. The first-order valence-corrected chi connectivity index (χ1v) is 13.2. The van der Waals surface area contributed by atoms with Gasteiger partial charge in [0.15, 0.2) is 5.76 Å². The first kappa shape index (κ1) is 31.4. The highest BCUT2D eigenvalue weighted by Crippen LogP contribution is 2.32. The Kier molecular flexibility index (Phi) is 9.95. The molecule has 41 heavy (non-hydrogen) atoms. The highest BCUT2D eigenvalue weighted by molar-refractivity contribution is 6.38. The van der Waals surface area contributed by atoms with Crippen molar-refractivity contribution in [2.75, 3.05) is 0 Å². The molecule has 2 amide bonds. The van der Waals surface area contributed by atoms with E-state index < -0.39 is 47.0 Å². The van der Waals surface area contributed by atoms with Gasteiger partial charge < -0.3 is 14.9 Å². The highest BCUT2D eigenvalue weighted by atomic mass is 19.4. The number of unbranched alkanes of at least 4 members (excludes halogenated alkanes) is 1. The summed E-state index contributed by atoms with van der Waals surface area (Å²) in [5.41, 5.74) is -0.615. The van der Waals surface area contributed by atoms with E-state index in [2.05, 4.69) is 15.6 Å². The van der Waals surface area contributed by atoms with Gasteiger partial charge in [-0.1, -0.05) is 57.8 Å². The number of halogens is 3. The Bertz CT molecular complexity index is 1310. The van der Waals surface area contributed by atoms with Crippen LogP contribution in [0.4, 0.5) is 18.0 Å². The zero-order valence-corrected chi connectivity index (χ0v) is 23.3. The number of amides is 2. The second-order valence-electron chi connectivity index (χ2n) is 10.8. The van der Waals surface area contributed by atoms with Gasteiger partial charge in [0.25, 0.3) is 5.91 Å². The zero-order valence-electron chi connectivity index (χ0n) is 23.3. The quantitative estimate of drug-likeness (QED) is 0.276. The monoisotopic (exact) mass is 577 g/mol. The Labute approximate surface area is 235 Å². The number of nitrogens with zero attached hydrogens (tertiary/aromatic N) is 4. The van der Waals surface area contributed by atoms with Gasteiger partial charge in [-0.15, -0.1) is 0 Å². The van der Waals surface area contributed by atoms with Gasteiger partial charge in [-0.2, -0.15) is 18.3 Å². The molecule has 0 radical (unpaired) electrons. The van der Waals surface area contributed by atoms with Crippen molar-refractivity contribution in [1.82, 2.24) is 25.2 Å². The molecule has 10 nitrogen and oxygen atoms in total. The summed E-state index contributed by atoms with van der Waals surface area (Å²) in [4.78, 5) is 39.9. The van der Waals surface area contributed by atoms with Crippen LogP contribution in [-0.4, -0.2) is 54.8 Å². The molecule has 0 aliphatic rings. The summed E-state index contributed by atoms with van der Waals surface area (Å²) in [6.45, 7) is 7.30. The normalized spacial score (nSPS) is 13.4. The number of nitrogens with one attached hydrogen (secondary N) is 1. The Balaban J connectivity index is 1.88. The van der Waals surface area contributed by atoms with Gasteiger partial charge >= 0.3 is 12.3 Å². The van der Waals surface area contributed by atoms with Crippen molar-refractivity contribution in [1.29, 1.82) is 0 Å². The molecule has 0 aliphatic heterocycles. The zero-order chi connectivity index (χ0) is 30.4. The van der Waals surface area contributed by atoms with Crippen LogP contribution in [0.2, 0.25) is 0 Å². The molecule has 13 heteroatoms. The number of Topliss-reactive ketones (excluding diaryl/α,β-unsaturated/α-hetero) is 1. The van der Waals surface area contributed by atoms with Crippen LogP contribution in [0.3, 0.4) is 0 Å². The molecule has 2 heterocycles. The molecule has 0 saturated carbocycles. The van der Waals surface area contributed by atoms with Crippen molar-refractivity contribution in [3.05, 3.63) is 60.1 Å². The SMILES string of the molecule is CCCC[C@@H](C(=O)C(=O)NCc1ccno1)N(C(=O)O)C(Cn1ccc(-c2ccc(C(F)(F)F)cc2)n1)C(C)(C)C. The van der Waals surface area contributed by atoms with Gasteiger partial charge in [-0.05, 0) is 30.0 Å². The van der Waals surface area contributed by atoms with E-state index in [0.717, 1.165) is 17.0 Å². The van der Waals surface area contributed by atoms with Gasteiger partial charge in [0.05, 0.1) is 36.6 Å². The lowest BCUT2D eigenvalue weighted by Crippen LogP contribution is -2.58. The maximum atomic E-state index is 13.4. The van der Waals surface area contributed by atoms with Gasteiger partial charge in [0.1, 0.15) is 6.04 Å². The lowest BCUT2D eigenvalue weighted by molar-refractivity contribution is -0.142. The number of carbonyl (C=O) groups is 3. The number of rotatable bonds is 12. The van der Waals surface area contributed by atoms with Gasteiger partial charge in [-0.25, -0.2) is 4.79 Å². The number of benzene rings is 1. The van der Waals surface area contributed by atoms with E-state index >= 15 is 0 Å². The minimum atomic E-state index is -4.46. The summed E-state index contributed by atoms with van der Waals surface area (Å²) in [5.74, 6) is -1.49. The minimum absolute atomic E-state index is 0.0338. The predicted octanol–water partition coefficient (Wildman–Crippen LogP) is 5.40. The Morgan fingerprint density at radius 1 is 1.10 bits per heavy atom. The third kappa shape index (κ3) is 8.18. The van der Waals surface area contributed by atoms with Crippen LogP contribution < -0.4 is 5.32 Å². The number of alkyl halides is 3. The van der Waals surface area contributed by atoms with Crippen LogP contribution in [0.5, 0.6) is 0 Å². The number of hydrogen-bond donors (Lipinski definition) is 2. The van der Waals surface area contributed by atoms with Crippen molar-refractivity contribution < 1.29 is 37.2 Å². The van der Waals surface area contributed by atoms with E-state index in [1.165, 1.54) is 29.1 Å². The smallest absolute Gasteiger partial charge is 0.416 e. The number of ketones is 1. The summed E-state index contributed by atoms with van der Waals surface area (Å²) in [7, 11) is 0. The molecule has 0 saturated heterocycles. The second-order valence-corrected chi connectivity index (χ2v) is 10.8. The van der Waals surface area contributed by atoms with Gasteiger partial charge in [0.2, 0.25) is 5.78 Å². The molecule has 2 aromatic heterocycles.